The van der Waals surface area contributed by atoms with Crippen LogP contribution < -0.4 is 0 Å². The van der Waals surface area contributed by atoms with Gasteiger partial charge in [-0.25, -0.2) is 0 Å². The first-order chi connectivity index (χ1) is 10.9. The van der Waals surface area contributed by atoms with Gasteiger partial charge in [-0.3, -0.25) is 9.69 Å². The van der Waals surface area contributed by atoms with Crippen molar-refractivity contribution in [2.45, 2.75) is 87.1 Å². The van der Waals surface area contributed by atoms with Gasteiger partial charge >= 0.3 is 0 Å². The third-order valence-corrected chi connectivity index (χ3v) is 6.68. The summed E-state index contributed by atoms with van der Waals surface area (Å²) in [5.74, 6) is 1.73. The summed E-state index contributed by atoms with van der Waals surface area (Å²) in [4.78, 5) is 15.1. The molecule has 0 saturated heterocycles. The number of nitrogens with zero attached hydrogens (tertiary/aromatic N) is 1. The van der Waals surface area contributed by atoms with E-state index in [-0.39, 0.29) is 34.6 Å². The van der Waals surface area contributed by atoms with Gasteiger partial charge in [-0.1, -0.05) is 33.6 Å². The van der Waals surface area contributed by atoms with Crippen LogP contribution in [0.15, 0.2) is 11.5 Å². The van der Waals surface area contributed by atoms with Gasteiger partial charge in [0.2, 0.25) is 5.91 Å². The van der Waals surface area contributed by atoms with E-state index in [0.29, 0.717) is 5.92 Å². The number of aliphatic hydroxyl groups excluding tert-OH is 1. The highest BCUT2D eigenvalue weighted by atomic mass is 16.3. The molecule has 1 aliphatic heterocycles. The predicted octanol–water partition coefficient (Wildman–Crippen LogP) is 5.48. The van der Waals surface area contributed by atoms with Crippen LogP contribution in [0.25, 0.3) is 0 Å². The summed E-state index contributed by atoms with van der Waals surface area (Å²) in [6.07, 6.45) is 4.49. The van der Waals surface area contributed by atoms with Gasteiger partial charge in [-0.05, 0) is 44.9 Å². The lowest BCUT2D eigenvalue weighted by Gasteiger charge is -2.44. The molecule has 1 saturated carbocycles. The van der Waals surface area contributed by atoms with Crippen LogP contribution in [0.2, 0.25) is 0 Å². The van der Waals surface area contributed by atoms with Crippen LogP contribution in [0.4, 0.5) is 0 Å². The lowest BCUT2D eigenvalue weighted by Crippen LogP contribution is -2.49. The topological polar surface area (TPSA) is 40.5 Å². The van der Waals surface area contributed by atoms with Crippen LogP contribution >= 0.6 is 0 Å². The van der Waals surface area contributed by atoms with Crippen LogP contribution in [0.5, 0.6) is 0 Å². The maximum absolute atomic E-state index is 13.4. The molecule has 1 N–H and O–H groups in total. The van der Waals surface area contributed by atoms with E-state index in [4.69, 9.17) is 0 Å². The number of amides is 1. The smallest absolute Gasteiger partial charge is 0.241 e. The Morgan fingerprint density at radius 3 is 2.12 bits per heavy atom. The Bertz CT molecular complexity index is 524. The zero-order valence-electron chi connectivity index (χ0n) is 16.9. The van der Waals surface area contributed by atoms with E-state index in [1.807, 2.05) is 6.92 Å². The minimum Gasteiger partial charge on any atom is -0.494 e. The summed E-state index contributed by atoms with van der Waals surface area (Å²) in [5.41, 5.74) is 0.736. The molecule has 0 spiro atoms. The van der Waals surface area contributed by atoms with E-state index in [1.54, 1.807) is 4.90 Å². The van der Waals surface area contributed by atoms with E-state index < -0.39 is 0 Å². The van der Waals surface area contributed by atoms with Gasteiger partial charge in [-0.2, -0.15) is 0 Å². The maximum Gasteiger partial charge on any atom is 0.241 e. The van der Waals surface area contributed by atoms with Gasteiger partial charge in [0, 0.05) is 11.6 Å². The van der Waals surface area contributed by atoms with Gasteiger partial charge in [0.05, 0.1) is 19.8 Å². The minimum atomic E-state index is -0.245. The lowest BCUT2D eigenvalue weighted by atomic mass is 9.67. The molecule has 0 bridgehead atoms. The largest absolute Gasteiger partial charge is 0.494 e. The van der Waals surface area contributed by atoms with Crippen LogP contribution in [-0.2, 0) is 4.79 Å². The molecule has 0 aromatic rings. The molecule has 3 heteroatoms. The highest BCUT2D eigenvalue weighted by Crippen LogP contribution is 2.49. The molecule has 3 atom stereocenters. The molecule has 2 rings (SSSR count). The second-order valence-corrected chi connectivity index (χ2v) is 9.69. The van der Waals surface area contributed by atoms with Gasteiger partial charge in [-0.15, -0.1) is 0 Å². The number of hydrogen-bond donors (Lipinski definition) is 1. The van der Waals surface area contributed by atoms with Crippen molar-refractivity contribution in [2.24, 2.45) is 22.7 Å². The van der Waals surface area contributed by atoms with Gasteiger partial charge in [0.25, 0.3) is 0 Å². The van der Waals surface area contributed by atoms with Crippen molar-refractivity contribution in [1.29, 1.82) is 0 Å². The van der Waals surface area contributed by atoms with Crippen molar-refractivity contribution in [2.75, 3.05) is 0 Å². The molecule has 24 heavy (non-hydrogen) atoms. The summed E-state index contributed by atoms with van der Waals surface area (Å²) in [6, 6.07) is 0.124. The summed E-state index contributed by atoms with van der Waals surface area (Å²) in [5, 5.41) is 10.9. The summed E-state index contributed by atoms with van der Waals surface area (Å²) < 4.78 is 0. The molecule has 0 radical (unpaired) electrons. The third-order valence-electron chi connectivity index (χ3n) is 6.68. The van der Waals surface area contributed by atoms with Crippen LogP contribution in [0.3, 0.4) is 0 Å². The van der Waals surface area contributed by atoms with E-state index in [2.05, 4.69) is 48.5 Å². The van der Waals surface area contributed by atoms with Gasteiger partial charge < -0.3 is 5.11 Å². The molecule has 1 heterocycles. The molecule has 1 amide bonds. The van der Waals surface area contributed by atoms with Crippen LogP contribution in [0, 0.1) is 28.6 Å². The van der Waals surface area contributed by atoms with Crippen molar-refractivity contribution >= 4 is 5.91 Å². The molecule has 136 valence electrons. The quantitative estimate of drug-likeness (QED) is 0.694. The molecule has 1 fully saturated rings. The lowest BCUT2D eigenvalue weighted by molar-refractivity contribution is -0.139. The van der Waals surface area contributed by atoms with Crippen molar-refractivity contribution in [3.05, 3.63) is 17.4 Å². The van der Waals surface area contributed by atoms with Crippen molar-refractivity contribution < 1.29 is 9.90 Å². The van der Waals surface area contributed by atoms with Gasteiger partial charge in [0.15, 0.2) is 5.88 Å². The monoisotopic (exact) mass is 334 g/mol. The zero-order valence-corrected chi connectivity index (χ0v) is 16.9. The SMILES string of the molecule is CC1=C(O)N([C@H]2CCCC[C@H]2C(C)(C)C)C(=O)[C@H]1C(C)(C)[C+](C)C. The Morgan fingerprint density at radius 2 is 1.62 bits per heavy atom. The molecule has 0 unspecified atom stereocenters. The Balaban J connectivity index is 2.40. The Morgan fingerprint density at radius 1 is 1.08 bits per heavy atom. The summed E-state index contributed by atoms with van der Waals surface area (Å²) in [7, 11) is 0. The second-order valence-electron chi connectivity index (χ2n) is 9.69. The fourth-order valence-corrected chi connectivity index (χ4v) is 4.64. The second kappa shape index (κ2) is 6.31. The summed E-state index contributed by atoms with van der Waals surface area (Å²) >= 11 is 0. The van der Waals surface area contributed by atoms with Crippen molar-refractivity contribution in [3.63, 3.8) is 0 Å². The first kappa shape index (κ1) is 19.2. The summed E-state index contributed by atoms with van der Waals surface area (Å²) in [6.45, 7) is 17.1. The fourth-order valence-electron chi connectivity index (χ4n) is 4.64. The molecule has 2 aliphatic rings. The highest BCUT2D eigenvalue weighted by Gasteiger charge is 2.55. The van der Waals surface area contributed by atoms with E-state index in [9.17, 15) is 9.90 Å². The molecular formula is C21H36NO2+. The Hall–Kier alpha value is -1.12. The van der Waals surface area contributed by atoms with E-state index in [0.717, 1.165) is 24.8 Å². The van der Waals surface area contributed by atoms with Crippen molar-refractivity contribution in [3.8, 4) is 0 Å². The third kappa shape index (κ3) is 3.07. The predicted molar refractivity (Wildman–Crippen MR) is 99.2 cm³/mol. The average molecular weight is 335 g/mol. The highest BCUT2D eigenvalue weighted by molar-refractivity contribution is 5.88. The molecular weight excluding hydrogens is 298 g/mol. The van der Waals surface area contributed by atoms with E-state index >= 15 is 0 Å². The van der Waals surface area contributed by atoms with Gasteiger partial charge in [0.1, 0.15) is 11.3 Å². The number of hydrogen-bond acceptors (Lipinski definition) is 2. The number of aliphatic hydroxyl groups is 1. The molecule has 0 aromatic carbocycles. The maximum atomic E-state index is 13.4. The molecule has 3 nitrogen and oxygen atoms in total. The molecule has 0 aromatic heterocycles. The normalized spacial score (nSPS) is 29.4. The number of carbonyl (C=O) groups is 1. The van der Waals surface area contributed by atoms with Crippen LogP contribution in [-0.4, -0.2) is 22.0 Å². The Kier molecular flexibility index (Phi) is 5.05. The average Bonchev–Trinajstić information content (AvgIpc) is 2.68. The van der Waals surface area contributed by atoms with E-state index in [1.165, 1.54) is 12.3 Å². The first-order valence-electron chi connectivity index (χ1n) is 9.44. The van der Waals surface area contributed by atoms with Crippen LogP contribution in [0.1, 0.15) is 81.1 Å². The minimum absolute atomic E-state index is 0.0948. The molecule has 1 aliphatic carbocycles. The standard InChI is InChI=1S/C21H35NO2/c1-13(2)21(7,8)17-14(3)18(23)22(19(17)24)16-12-10-9-11-15(16)20(4,5)6/h15-17H,9-12H2,1-8H3/p+1/t15-,16+,17+/m1/s1. The Labute approximate surface area is 148 Å². The van der Waals surface area contributed by atoms with Crippen molar-refractivity contribution in [1.82, 2.24) is 4.90 Å². The number of carbonyl (C=O) groups excluding carboxylic acids is 1. The zero-order chi connectivity index (χ0) is 18.4. The first-order valence-corrected chi connectivity index (χ1v) is 9.44. The number of rotatable bonds is 3. The fraction of sp³-hybridized carbons (Fsp3) is 0.810.